The Morgan fingerprint density at radius 3 is 2.73 bits per heavy atom. The Hall–Kier alpha value is -3.02. The molecule has 1 aromatic heterocycles. The molecule has 0 bridgehead atoms. The minimum absolute atomic E-state index is 0.127. The van der Waals surface area contributed by atoms with Crippen LogP contribution in [0.4, 0.5) is 8.78 Å². The number of aryl methyl sites for hydroxylation is 1. The van der Waals surface area contributed by atoms with E-state index in [9.17, 15) is 23.5 Å². The number of aromatic carboxylic acids is 1. The molecular weight excluding hydrogens is 448 g/mol. The van der Waals surface area contributed by atoms with Crippen molar-refractivity contribution in [2.24, 2.45) is 0 Å². The summed E-state index contributed by atoms with van der Waals surface area (Å²) in [5, 5.41) is 19.2. The van der Waals surface area contributed by atoms with Crippen LogP contribution in [0.5, 0.6) is 0 Å². The summed E-state index contributed by atoms with van der Waals surface area (Å²) in [4.78, 5) is 25.3. The number of benzene rings is 1. The zero-order chi connectivity index (χ0) is 23.8. The zero-order valence-electron chi connectivity index (χ0n) is 17.9. The van der Waals surface area contributed by atoms with Gasteiger partial charge in [-0.05, 0) is 43.5 Å². The first-order chi connectivity index (χ1) is 15.8. The van der Waals surface area contributed by atoms with Gasteiger partial charge in [-0.25, -0.2) is 4.79 Å². The van der Waals surface area contributed by atoms with Crippen LogP contribution in [0.15, 0.2) is 54.6 Å². The van der Waals surface area contributed by atoms with E-state index in [4.69, 9.17) is 5.11 Å². The van der Waals surface area contributed by atoms with Crippen molar-refractivity contribution in [2.75, 3.05) is 6.54 Å². The van der Waals surface area contributed by atoms with Crippen molar-refractivity contribution in [3.63, 3.8) is 0 Å². The van der Waals surface area contributed by atoms with Crippen LogP contribution in [0.1, 0.15) is 45.8 Å². The smallest absolute Gasteiger partial charge is 0.345 e. The lowest BCUT2D eigenvalue weighted by Crippen LogP contribution is -2.36. The second-order valence-electron chi connectivity index (χ2n) is 7.81. The lowest BCUT2D eigenvalue weighted by Gasteiger charge is -2.21. The first-order valence-electron chi connectivity index (χ1n) is 10.7. The van der Waals surface area contributed by atoms with Gasteiger partial charge in [0.25, 0.3) is 5.91 Å². The number of amides is 1. The van der Waals surface area contributed by atoms with E-state index in [1.165, 1.54) is 18.2 Å². The fraction of sp³-hybridized carbons (Fsp3) is 0.360. The van der Waals surface area contributed by atoms with Gasteiger partial charge >= 0.3 is 11.9 Å². The second kappa shape index (κ2) is 11.2. The predicted molar refractivity (Wildman–Crippen MR) is 122 cm³/mol. The van der Waals surface area contributed by atoms with Gasteiger partial charge in [0.15, 0.2) is 0 Å². The number of aliphatic hydroxyl groups is 1. The number of carbonyl (C=O) groups excluding carboxylic acids is 1. The van der Waals surface area contributed by atoms with Crippen molar-refractivity contribution >= 4 is 23.2 Å². The highest BCUT2D eigenvalue weighted by Crippen LogP contribution is 2.34. The van der Waals surface area contributed by atoms with Gasteiger partial charge in [0.2, 0.25) is 0 Å². The first-order valence-corrected chi connectivity index (χ1v) is 11.5. The number of thiophene rings is 1. The number of hydrogen-bond donors (Lipinski definition) is 2. The molecule has 2 heterocycles. The Morgan fingerprint density at radius 2 is 2.03 bits per heavy atom. The fourth-order valence-electron chi connectivity index (χ4n) is 3.57. The summed E-state index contributed by atoms with van der Waals surface area (Å²) < 4.78 is 28.1. The van der Waals surface area contributed by atoms with E-state index in [2.05, 4.69) is 11.8 Å². The second-order valence-corrected chi connectivity index (χ2v) is 8.98. The van der Waals surface area contributed by atoms with Gasteiger partial charge in [-0.2, -0.15) is 8.78 Å². The molecule has 8 heteroatoms. The van der Waals surface area contributed by atoms with Crippen LogP contribution >= 0.6 is 11.3 Å². The molecule has 174 valence electrons. The van der Waals surface area contributed by atoms with Gasteiger partial charge in [0.05, 0.1) is 12.1 Å². The van der Waals surface area contributed by atoms with E-state index < -0.39 is 36.4 Å². The third-order valence-corrected chi connectivity index (χ3v) is 6.39. The molecule has 33 heavy (non-hydrogen) atoms. The SMILES string of the molecule is O=C(O)c1ccc(CCCN2C(=O)C(F)(F)CC2C=CC(O)CCC#Cc2ccccc2)s1. The van der Waals surface area contributed by atoms with Crippen LogP contribution in [0.25, 0.3) is 0 Å². The van der Waals surface area contributed by atoms with E-state index in [-0.39, 0.29) is 11.4 Å². The van der Waals surface area contributed by atoms with Gasteiger partial charge in [0, 0.05) is 29.8 Å². The number of aliphatic hydroxyl groups excluding tert-OH is 1. The molecule has 1 saturated heterocycles. The van der Waals surface area contributed by atoms with Crippen LogP contribution in [-0.2, 0) is 11.2 Å². The highest BCUT2D eigenvalue weighted by Gasteiger charge is 2.52. The van der Waals surface area contributed by atoms with E-state index >= 15 is 0 Å². The summed E-state index contributed by atoms with van der Waals surface area (Å²) in [5.41, 5.74) is 0.881. The molecule has 2 N–H and O–H groups in total. The van der Waals surface area contributed by atoms with Crippen LogP contribution in [0.2, 0.25) is 0 Å². The molecule has 2 unspecified atom stereocenters. The number of carboxylic acids is 1. The highest BCUT2D eigenvalue weighted by molar-refractivity contribution is 7.13. The largest absolute Gasteiger partial charge is 0.477 e. The molecule has 2 atom stereocenters. The van der Waals surface area contributed by atoms with Gasteiger partial charge in [0.1, 0.15) is 4.88 Å². The fourth-order valence-corrected chi connectivity index (χ4v) is 4.46. The Bertz CT molecular complexity index is 1060. The van der Waals surface area contributed by atoms with E-state index in [0.717, 1.165) is 26.7 Å². The molecule has 1 aromatic carbocycles. The minimum atomic E-state index is -3.43. The van der Waals surface area contributed by atoms with Crippen molar-refractivity contribution in [2.45, 2.75) is 50.2 Å². The third-order valence-electron chi connectivity index (χ3n) is 5.26. The molecule has 0 aliphatic carbocycles. The number of halogens is 2. The number of nitrogens with zero attached hydrogens (tertiary/aromatic N) is 1. The number of alkyl halides is 2. The van der Waals surface area contributed by atoms with Gasteiger partial charge in [-0.15, -0.1) is 11.3 Å². The average molecular weight is 474 g/mol. The Balaban J connectivity index is 1.52. The average Bonchev–Trinajstić information content (AvgIpc) is 3.34. The molecule has 1 aliphatic rings. The van der Waals surface area contributed by atoms with Crippen molar-refractivity contribution in [3.8, 4) is 11.8 Å². The lowest BCUT2D eigenvalue weighted by atomic mass is 10.1. The molecule has 0 radical (unpaired) electrons. The van der Waals surface area contributed by atoms with E-state index in [1.807, 2.05) is 30.3 Å². The monoisotopic (exact) mass is 473 g/mol. The van der Waals surface area contributed by atoms with Crippen molar-refractivity contribution in [3.05, 3.63) is 69.9 Å². The summed E-state index contributed by atoms with van der Waals surface area (Å²) in [6.45, 7) is 0.127. The van der Waals surface area contributed by atoms with Crippen LogP contribution in [-0.4, -0.2) is 51.6 Å². The quantitative estimate of drug-likeness (QED) is 0.419. The minimum Gasteiger partial charge on any atom is -0.477 e. The predicted octanol–water partition coefficient (Wildman–Crippen LogP) is 4.36. The highest BCUT2D eigenvalue weighted by atomic mass is 32.1. The van der Waals surface area contributed by atoms with E-state index in [1.54, 1.807) is 6.07 Å². The first kappa shape index (κ1) is 24.6. The van der Waals surface area contributed by atoms with Gasteiger partial charge < -0.3 is 15.1 Å². The van der Waals surface area contributed by atoms with Crippen LogP contribution in [0.3, 0.4) is 0 Å². The number of carboxylic acid groups (broad SMARTS) is 1. The summed E-state index contributed by atoms with van der Waals surface area (Å²) in [6.07, 6.45) is 3.19. The molecule has 0 saturated carbocycles. The maximum atomic E-state index is 14.0. The standard InChI is InChI=1S/C25H25F2NO4S/c26-25(27)17-19(12-13-20(29)10-5-4-9-18-7-2-1-3-8-18)28(24(25)32)16-6-11-21-14-15-22(33-21)23(30)31/h1-3,7-8,12-15,19-20,29H,5-6,10-11,16-17H2,(H,30,31). The summed E-state index contributed by atoms with van der Waals surface area (Å²) in [5.74, 6) is 0.329. The molecular formula is C25H25F2NO4S. The number of carbonyl (C=O) groups is 2. The van der Waals surface area contributed by atoms with Gasteiger partial charge in [-0.3, -0.25) is 4.79 Å². The molecule has 1 aliphatic heterocycles. The topological polar surface area (TPSA) is 77.8 Å². The molecule has 5 nitrogen and oxygen atoms in total. The van der Waals surface area contributed by atoms with Crippen molar-refractivity contribution in [1.82, 2.24) is 4.90 Å². The molecule has 1 amide bonds. The van der Waals surface area contributed by atoms with Gasteiger partial charge in [-0.1, -0.05) is 42.2 Å². The summed E-state index contributed by atoms with van der Waals surface area (Å²) in [6, 6.07) is 11.9. The molecule has 3 rings (SSSR count). The summed E-state index contributed by atoms with van der Waals surface area (Å²) >= 11 is 1.14. The Labute approximate surface area is 195 Å². The maximum Gasteiger partial charge on any atom is 0.345 e. The van der Waals surface area contributed by atoms with Crippen molar-refractivity contribution < 1.29 is 28.6 Å². The Morgan fingerprint density at radius 1 is 1.27 bits per heavy atom. The Kier molecular flexibility index (Phi) is 8.37. The number of rotatable bonds is 9. The number of hydrogen-bond acceptors (Lipinski definition) is 4. The summed E-state index contributed by atoms with van der Waals surface area (Å²) in [7, 11) is 0. The molecule has 1 fully saturated rings. The van der Waals surface area contributed by atoms with Crippen LogP contribution in [0, 0.1) is 11.8 Å². The lowest BCUT2D eigenvalue weighted by molar-refractivity contribution is -0.148. The molecule has 2 aromatic rings. The van der Waals surface area contributed by atoms with Crippen molar-refractivity contribution in [1.29, 1.82) is 0 Å². The molecule has 0 spiro atoms. The van der Waals surface area contributed by atoms with Crippen LogP contribution < -0.4 is 0 Å². The maximum absolute atomic E-state index is 14.0. The third kappa shape index (κ3) is 6.98. The zero-order valence-corrected chi connectivity index (χ0v) is 18.7. The normalized spacial score (nSPS) is 18.3. The van der Waals surface area contributed by atoms with E-state index in [0.29, 0.717) is 25.7 Å². The number of likely N-dealkylation sites (tertiary alicyclic amines) is 1.